The van der Waals surface area contributed by atoms with Gasteiger partial charge in [0, 0.05) is 24.7 Å². The Hall–Kier alpha value is -3.11. The molecule has 0 unspecified atom stereocenters. The first-order valence-corrected chi connectivity index (χ1v) is 10.4. The minimum Gasteiger partial charge on any atom is -0.466 e. The topological polar surface area (TPSA) is 73.9 Å². The molecule has 0 amide bonds. The number of ether oxygens (including phenoxy) is 1. The molecular formula is C23H27N5O2. The maximum atomic E-state index is 12.5. The number of carbonyl (C=O) groups excluding carboxylic acids is 1. The lowest BCUT2D eigenvalue weighted by Crippen LogP contribution is -2.33. The summed E-state index contributed by atoms with van der Waals surface area (Å²) >= 11 is 0. The minimum absolute atomic E-state index is 0.134. The van der Waals surface area contributed by atoms with Crippen molar-refractivity contribution in [1.82, 2.24) is 14.3 Å². The maximum Gasteiger partial charge on any atom is 0.310 e. The molecule has 3 aromatic rings. The zero-order chi connectivity index (χ0) is 21.4. The highest BCUT2D eigenvalue weighted by Crippen LogP contribution is 2.35. The summed E-state index contributed by atoms with van der Waals surface area (Å²) in [5.74, 6) is 0.672. The van der Waals surface area contributed by atoms with Gasteiger partial charge in [0.25, 0.3) is 0 Å². The lowest BCUT2D eigenvalue weighted by Gasteiger charge is -2.27. The summed E-state index contributed by atoms with van der Waals surface area (Å²) in [4.78, 5) is 21.8. The summed E-state index contributed by atoms with van der Waals surface area (Å²) in [7, 11) is 4.19. The van der Waals surface area contributed by atoms with Crippen molar-refractivity contribution >= 4 is 28.5 Å². The highest BCUT2D eigenvalue weighted by atomic mass is 16.5. The van der Waals surface area contributed by atoms with E-state index in [2.05, 4.69) is 34.4 Å². The highest BCUT2D eigenvalue weighted by Gasteiger charge is 2.31. The average molecular weight is 406 g/mol. The summed E-state index contributed by atoms with van der Waals surface area (Å²) in [5.41, 5.74) is 4.59. The van der Waals surface area contributed by atoms with Gasteiger partial charge < -0.3 is 14.5 Å². The van der Waals surface area contributed by atoms with E-state index in [9.17, 15) is 10.1 Å². The molecule has 1 aliphatic rings. The van der Waals surface area contributed by atoms with Crippen molar-refractivity contribution in [3.05, 3.63) is 41.0 Å². The van der Waals surface area contributed by atoms with Crippen LogP contribution >= 0.6 is 0 Å². The fourth-order valence-electron chi connectivity index (χ4n) is 4.42. The first-order chi connectivity index (χ1) is 14.5. The molecule has 0 aliphatic carbocycles. The minimum atomic E-state index is -0.280. The van der Waals surface area contributed by atoms with Crippen molar-refractivity contribution in [3.63, 3.8) is 0 Å². The lowest BCUT2D eigenvalue weighted by atomic mass is 10.0. The molecule has 1 aromatic carbocycles. The van der Waals surface area contributed by atoms with Crippen LogP contribution in [0.5, 0.6) is 0 Å². The van der Waals surface area contributed by atoms with E-state index in [0.717, 1.165) is 47.5 Å². The Balaban J connectivity index is 2.02. The van der Waals surface area contributed by atoms with Crippen LogP contribution < -0.4 is 4.90 Å². The normalized spacial score (nSPS) is 16.5. The summed E-state index contributed by atoms with van der Waals surface area (Å²) < 4.78 is 7.32. The number of carbonyl (C=O) groups is 1. The summed E-state index contributed by atoms with van der Waals surface area (Å²) in [6, 6.07) is 10.7. The van der Waals surface area contributed by atoms with Crippen LogP contribution in [0.2, 0.25) is 0 Å². The molecule has 0 bridgehead atoms. The van der Waals surface area contributed by atoms with Gasteiger partial charge in [0.1, 0.15) is 11.9 Å². The summed E-state index contributed by atoms with van der Waals surface area (Å²) in [6.07, 6.45) is 1.17. The number of pyridine rings is 1. The molecule has 7 heteroatoms. The van der Waals surface area contributed by atoms with E-state index < -0.39 is 0 Å². The quantitative estimate of drug-likeness (QED) is 0.608. The molecule has 0 spiro atoms. The Bertz CT molecular complexity index is 1160. The highest BCUT2D eigenvalue weighted by molar-refractivity contribution is 5.88. The van der Waals surface area contributed by atoms with Crippen molar-refractivity contribution in [2.45, 2.75) is 32.7 Å². The second kappa shape index (κ2) is 7.96. The molecule has 30 heavy (non-hydrogen) atoms. The molecule has 0 N–H and O–H groups in total. The summed E-state index contributed by atoms with van der Waals surface area (Å²) in [6.45, 7) is 5.79. The van der Waals surface area contributed by atoms with Gasteiger partial charge in [-0.05, 0) is 52.1 Å². The Morgan fingerprint density at radius 1 is 1.37 bits per heavy atom. The van der Waals surface area contributed by atoms with Gasteiger partial charge in [-0.3, -0.25) is 9.20 Å². The smallest absolute Gasteiger partial charge is 0.310 e. The number of aromatic nitrogens is 2. The van der Waals surface area contributed by atoms with Gasteiger partial charge >= 0.3 is 5.97 Å². The molecule has 0 saturated carbocycles. The van der Waals surface area contributed by atoms with Crippen LogP contribution in [0, 0.1) is 18.3 Å². The second-order valence-electron chi connectivity index (χ2n) is 8.01. The molecule has 1 saturated heterocycles. The van der Waals surface area contributed by atoms with E-state index in [1.54, 1.807) is 6.92 Å². The first-order valence-electron chi connectivity index (χ1n) is 10.4. The van der Waals surface area contributed by atoms with Crippen LogP contribution in [0.15, 0.2) is 24.3 Å². The Kier molecular flexibility index (Phi) is 5.35. The van der Waals surface area contributed by atoms with E-state index in [0.29, 0.717) is 23.9 Å². The largest absolute Gasteiger partial charge is 0.466 e. The zero-order valence-electron chi connectivity index (χ0n) is 18.0. The fourth-order valence-corrected chi connectivity index (χ4v) is 4.42. The molecule has 1 atom stereocenters. The number of rotatable bonds is 5. The maximum absolute atomic E-state index is 12.5. The Morgan fingerprint density at radius 3 is 2.80 bits per heavy atom. The number of hydrogen-bond acceptors (Lipinski definition) is 6. The summed E-state index contributed by atoms with van der Waals surface area (Å²) in [5, 5.41) is 9.93. The van der Waals surface area contributed by atoms with Crippen LogP contribution in [-0.4, -0.2) is 60.1 Å². The van der Waals surface area contributed by atoms with Crippen LogP contribution in [0.1, 0.15) is 30.0 Å². The van der Waals surface area contributed by atoms with Gasteiger partial charge in [-0.1, -0.05) is 12.1 Å². The van der Waals surface area contributed by atoms with Gasteiger partial charge in [-0.15, -0.1) is 0 Å². The molecule has 1 aliphatic heterocycles. The third kappa shape index (κ3) is 3.27. The van der Waals surface area contributed by atoms with Gasteiger partial charge in [-0.2, -0.15) is 5.26 Å². The molecule has 7 nitrogen and oxygen atoms in total. The molecule has 0 radical (unpaired) electrons. The van der Waals surface area contributed by atoms with E-state index in [-0.39, 0.29) is 12.4 Å². The van der Waals surface area contributed by atoms with Crippen molar-refractivity contribution in [2.75, 3.05) is 38.7 Å². The first kappa shape index (κ1) is 20.2. The third-order valence-electron chi connectivity index (χ3n) is 6.03. The molecule has 156 valence electrons. The SMILES string of the molecule is CCOC(=O)Cc1c(C)c(C#N)c2nc3ccccc3n2c1N1CC[C@H](N(C)C)C1. The average Bonchev–Trinajstić information content (AvgIpc) is 3.34. The number of para-hydroxylation sites is 2. The standard InChI is InChI=1S/C23H27N5O2/c1-5-30-21(29)12-17-15(2)18(13-24)22-25-19-8-6-7-9-20(19)28(22)23(17)27-11-10-16(14-27)26(3)4/h6-9,16H,5,10-12,14H2,1-4H3/t16-/m0/s1. The lowest BCUT2D eigenvalue weighted by molar-refractivity contribution is -0.142. The van der Waals surface area contributed by atoms with Crippen molar-refractivity contribution in [3.8, 4) is 6.07 Å². The predicted molar refractivity (Wildman–Crippen MR) is 117 cm³/mol. The van der Waals surface area contributed by atoms with Gasteiger partial charge in [0.2, 0.25) is 0 Å². The number of esters is 1. The molecular weight excluding hydrogens is 378 g/mol. The van der Waals surface area contributed by atoms with E-state index in [4.69, 9.17) is 9.72 Å². The molecule has 1 fully saturated rings. The van der Waals surface area contributed by atoms with E-state index in [1.165, 1.54) is 0 Å². The van der Waals surface area contributed by atoms with E-state index >= 15 is 0 Å². The monoisotopic (exact) mass is 405 g/mol. The number of fused-ring (bicyclic) bond motifs is 3. The Morgan fingerprint density at radius 2 is 2.13 bits per heavy atom. The van der Waals surface area contributed by atoms with Gasteiger partial charge in [0.15, 0.2) is 5.65 Å². The van der Waals surface area contributed by atoms with Crippen LogP contribution in [0.4, 0.5) is 5.82 Å². The second-order valence-corrected chi connectivity index (χ2v) is 8.01. The van der Waals surface area contributed by atoms with Gasteiger partial charge in [0.05, 0.1) is 29.6 Å². The van der Waals surface area contributed by atoms with Crippen molar-refractivity contribution < 1.29 is 9.53 Å². The number of anilines is 1. The third-order valence-corrected chi connectivity index (χ3v) is 6.03. The van der Waals surface area contributed by atoms with Crippen LogP contribution in [0.25, 0.3) is 16.7 Å². The fraction of sp³-hybridized carbons (Fsp3) is 0.435. The van der Waals surface area contributed by atoms with Crippen LogP contribution in [0.3, 0.4) is 0 Å². The molecule has 4 rings (SSSR count). The number of benzene rings is 1. The number of imidazole rings is 1. The number of hydrogen-bond donors (Lipinski definition) is 0. The predicted octanol–water partition coefficient (Wildman–Crippen LogP) is 2.91. The van der Waals surface area contributed by atoms with Crippen molar-refractivity contribution in [1.29, 1.82) is 5.26 Å². The molecule has 2 aromatic heterocycles. The number of likely N-dealkylation sites (N-methyl/N-ethyl adjacent to an activating group) is 1. The van der Waals surface area contributed by atoms with Crippen LogP contribution in [-0.2, 0) is 16.0 Å². The number of nitriles is 1. The van der Waals surface area contributed by atoms with E-state index in [1.807, 2.05) is 31.2 Å². The molecule has 3 heterocycles. The van der Waals surface area contributed by atoms with Crippen molar-refractivity contribution in [2.24, 2.45) is 0 Å². The Labute approximate surface area is 176 Å². The zero-order valence-corrected chi connectivity index (χ0v) is 18.0. The van der Waals surface area contributed by atoms with Gasteiger partial charge in [-0.25, -0.2) is 4.98 Å². The number of nitrogens with zero attached hydrogens (tertiary/aromatic N) is 5.